The fourth-order valence-electron chi connectivity index (χ4n) is 3.71. The van der Waals surface area contributed by atoms with E-state index in [4.69, 9.17) is 9.47 Å². The Kier molecular flexibility index (Phi) is 12.1. The van der Waals surface area contributed by atoms with Gasteiger partial charge in [0.15, 0.2) is 0 Å². The van der Waals surface area contributed by atoms with Crippen molar-refractivity contribution in [2.45, 2.75) is 32.6 Å². The number of carbonyl (C=O) groups excluding carboxylic acids is 2. The molecule has 184 valence electrons. The Morgan fingerprint density at radius 2 is 1.64 bits per heavy atom. The minimum absolute atomic E-state index is 0. The van der Waals surface area contributed by atoms with Crippen LogP contribution in [0, 0.1) is 6.92 Å². The maximum absolute atomic E-state index is 13.1. The molecule has 0 unspecified atom stereocenters. The zero-order valence-electron chi connectivity index (χ0n) is 21.2. The molecule has 3 aromatic rings. The number of benzene rings is 3. The minimum atomic E-state index is -1.28. The van der Waals surface area contributed by atoms with E-state index in [2.05, 4.69) is 5.32 Å². The van der Waals surface area contributed by atoms with Crippen LogP contribution in [0.3, 0.4) is 0 Å². The molecule has 8 heteroatoms. The van der Waals surface area contributed by atoms with Crippen LogP contribution in [0.15, 0.2) is 66.7 Å². The number of aryl methyl sites for hydroxylation is 1. The molecule has 0 aliphatic carbocycles. The van der Waals surface area contributed by atoms with Gasteiger partial charge in [0.25, 0.3) is 5.91 Å². The van der Waals surface area contributed by atoms with Crippen LogP contribution in [0.25, 0.3) is 11.1 Å². The van der Waals surface area contributed by atoms with E-state index in [-0.39, 0.29) is 18.9 Å². The number of hydrogen-bond donors (Lipinski definition) is 1. The molecule has 0 bridgehead atoms. The second-order valence-electron chi connectivity index (χ2n) is 8.16. The molecule has 1 atom stereocenters. The van der Waals surface area contributed by atoms with Crippen LogP contribution in [-0.4, -0.2) is 37.0 Å². The summed E-state index contributed by atoms with van der Waals surface area (Å²) >= 11 is 1.52. The van der Waals surface area contributed by atoms with Gasteiger partial charge in [-0.1, -0.05) is 42.5 Å². The fraction of sp³-hybridized carbons (Fsp3) is 0.286. The SMILES string of the molecule is COc1ccc(COCc2ccc(C(=O)N[C@@H](CCSC)C(=O)[O-])c(-c3ccccc3C)c2)cc1.[Li+]. The van der Waals surface area contributed by atoms with E-state index in [1.54, 1.807) is 13.2 Å². The summed E-state index contributed by atoms with van der Waals surface area (Å²) in [7, 11) is 1.63. The average molecular weight is 500 g/mol. The maximum atomic E-state index is 13.1. The van der Waals surface area contributed by atoms with E-state index in [9.17, 15) is 14.7 Å². The number of ether oxygens (including phenoxy) is 2. The number of aliphatic carboxylic acids is 1. The first-order valence-electron chi connectivity index (χ1n) is 11.3. The van der Waals surface area contributed by atoms with Crippen molar-refractivity contribution >= 4 is 23.6 Å². The molecule has 1 amide bonds. The molecule has 0 saturated carbocycles. The van der Waals surface area contributed by atoms with Crippen molar-refractivity contribution in [3.8, 4) is 16.9 Å². The molecule has 0 aliphatic rings. The quantitative estimate of drug-likeness (QED) is 0.374. The van der Waals surface area contributed by atoms with E-state index in [1.807, 2.05) is 73.8 Å². The topological polar surface area (TPSA) is 87.7 Å². The smallest absolute Gasteiger partial charge is 0.548 e. The Morgan fingerprint density at radius 3 is 2.28 bits per heavy atom. The second kappa shape index (κ2) is 14.8. The van der Waals surface area contributed by atoms with Crippen molar-refractivity contribution in [1.82, 2.24) is 5.32 Å². The van der Waals surface area contributed by atoms with Gasteiger partial charge in [-0.2, -0.15) is 11.8 Å². The number of nitrogens with one attached hydrogen (secondary N) is 1. The average Bonchev–Trinajstić information content (AvgIpc) is 2.87. The zero-order valence-corrected chi connectivity index (χ0v) is 22.0. The number of carboxylic acid groups (broad SMARTS) is 1. The van der Waals surface area contributed by atoms with E-state index in [1.165, 1.54) is 11.8 Å². The van der Waals surface area contributed by atoms with Crippen LogP contribution < -0.4 is 34.0 Å². The number of carbonyl (C=O) groups is 2. The molecule has 36 heavy (non-hydrogen) atoms. The number of thioether (sulfide) groups is 1. The van der Waals surface area contributed by atoms with Gasteiger partial charge in [-0.05, 0) is 77.4 Å². The van der Waals surface area contributed by atoms with Crippen molar-refractivity contribution in [2.75, 3.05) is 19.1 Å². The Morgan fingerprint density at radius 1 is 0.972 bits per heavy atom. The maximum Gasteiger partial charge on any atom is 1.00 e. The Hall–Kier alpha value is -2.69. The van der Waals surface area contributed by atoms with Crippen LogP contribution in [0.2, 0.25) is 0 Å². The third kappa shape index (κ3) is 8.18. The summed E-state index contributed by atoms with van der Waals surface area (Å²) in [6.07, 6.45) is 2.19. The Balaban J connectivity index is 0.00000456. The first kappa shape index (κ1) is 29.5. The van der Waals surface area contributed by atoms with Gasteiger partial charge in [-0.25, -0.2) is 0 Å². The van der Waals surface area contributed by atoms with E-state index >= 15 is 0 Å². The van der Waals surface area contributed by atoms with Crippen molar-refractivity contribution in [1.29, 1.82) is 0 Å². The predicted octanol–water partition coefficient (Wildman–Crippen LogP) is 0.993. The largest absolute Gasteiger partial charge is 1.00 e. The molecule has 6 nitrogen and oxygen atoms in total. The van der Waals surface area contributed by atoms with E-state index in [0.29, 0.717) is 31.0 Å². The van der Waals surface area contributed by atoms with E-state index < -0.39 is 17.9 Å². The van der Waals surface area contributed by atoms with Crippen molar-refractivity contribution < 1.29 is 43.0 Å². The first-order chi connectivity index (χ1) is 16.9. The molecule has 0 heterocycles. The zero-order chi connectivity index (χ0) is 25.2. The van der Waals surface area contributed by atoms with E-state index in [0.717, 1.165) is 33.6 Å². The molecule has 3 rings (SSSR count). The van der Waals surface area contributed by atoms with Crippen molar-refractivity contribution in [3.05, 3.63) is 89.0 Å². The molecular weight excluding hydrogens is 469 g/mol. The first-order valence-corrected chi connectivity index (χ1v) is 12.7. The summed E-state index contributed by atoms with van der Waals surface area (Å²) in [5, 5.41) is 14.2. The Labute approximate surface area is 229 Å². The van der Waals surface area contributed by atoms with Gasteiger partial charge in [0, 0.05) is 5.56 Å². The van der Waals surface area contributed by atoms with Crippen molar-refractivity contribution in [3.63, 3.8) is 0 Å². The summed E-state index contributed by atoms with van der Waals surface area (Å²) in [5.74, 6) is -0.328. The van der Waals surface area contributed by atoms with Crippen LogP contribution in [0.5, 0.6) is 5.75 Å². The fourth-order valence-corrected chi connectivity index (χ4v) is 4.18. The third-order valence-electron chi connectivity index (χ3n) is 5.66. The normalized spacial score (nSPS) is 11.3. The summed E-state index contributed by atoms with van der Waals surface area (Å²) in [6.45, 7) is 2.78. The number of hydrogen-bond acceptors (Lipinski definition) is 6. The van der Waals surface area contributed by atoms with Gasteiger partial charge in [0.05, 0.1) is 32.3 Å². The molecule has 0 radical (unpaired) electrons. The van der Waals surface area contributed by atoms with Gasteiger partial charge < -0.3 is 24.7 Å². The molecule has 0 aromatic heterocycles. The molecule has 1 N–H and O–H groups in total. The third-order valence-corrected chi connectivity index (χ3v) is 6.30. The monoisotopic (exact) mass is 499 g/mol. The summed E-state index contributed by atoms with van der Waals surface area (Å²) < 4.78 is 11.1. The summed E-state index contributed by atoms with van der Waals surface area (Å²) in [5.41, 5.74) is 4.99. The van der Waals surface area contributed by atoms with Crippen LogP contribution >= 0.6 is 11.8 Å². The molecule has 0 aliphatic heterocycles. The van der Waals surface area contributed by atoms with Crippen LogP contribution in [0.4, 0.5) is 0 Å². The summed E-state index contributed by atoms with van der Waals surface area (Å²) in [6, 6.07) is 19.9. The standard InChI is InChI=1S/C28H31NO5S.Li/c1-19-6-4-5-7-23(19)25-16-21(18-34-17-20-8-11-22(33-2)12-9-20)10-13-24(25)27(30)29-26(28(31)32)14-15-35-3;/h4-13,16,26H,14-15,17-18H2,1-3H3,(H,29,30)(H,31,32);/q;+1/p-1/t26-;/m0./s1. The number of carboxylic acids is 1. The Bertz CT molecular complexity index is 1150. The predicted molar refractivity (Wildman–Crippen MR) is 137 cm³/mol. The molecule has 0 spiro atoms. The second-order valence-corrected chi connectivity index (χ2v) is 9.15. The van der Waals surface area contributed by atoms with Crippen LogP contribution in [0.1, 0.15) is 33.5 Å². The number of methoxy groups -OCH3 is 1. The van der Waals surface area contributed by atoms with Gasteiger partial charge in [-0.3, -0.25) is 4.79 Å². The molecule has 0 fully saturated rings. The molecular formula is C28H30LiNO5S. The van der Waals surface area contributed by atoms with Gasteiger partial charge >= 0.3 is 18.9 Å². The molecule has 0 saturated heterocycles. The van der Waals surface area contributed by atoms with Crippen molar-refractivity contribution in [2.24, 2.45) is 0 Å². The van der Waals surface area contributed by atoms with Gasteiger partial charge in [0.1, 0.15) is 5.75 Å². The number of amides is 1. The number of rotatable bonds is 12. The van der Waals surface area contributed by atoms with Gasteiger partial charge in [-0.15, -0.1) is 0 Å². The van der Waals surface area contributed by atoms with Gasteiger partial charge in [0.2, 0.25) is 0 Å². The minimum Gasteiger partial charge on any atom is -0.548 e. The molecule has 3 aromatic carbocycles. The summed E-state index contributed by atoms with van der Waals surface area (Å²) in [4.78, 5) is 24.7. The van der Waals surface area contributed by atoms with Crippen LogP contribution in [-0.2, 0) is 22.7 Å².